The summed E-state index contributed by atoms with van der Waals surface area (Å²) in [6.07, 6.45) is 40.3. The van der Waals surface area contributed by atoms with E-state index in [2.05, 4.69) is 79.8 Å². The molecular weight excluding hydrogens is 589 g/mol. The molecule has 0 aromatic heterocycles. The summed E-state index contributed by atoms with van der Waals surface area (Å²) in [6, 6.07) is 0. The smallest absolute Gasteiger partial charge is 0.457 e. The highest BCUT2D eigenvalue weighted by Gasteiger charge is 2.25. The van der Waals surface area contributed by atoms with E-state index in [1.54, 1.807) is 0 Å². The second-order valence-corrected chi connectivity index (χ2v) is 12.1. The van der Waals surface area contributed by atoms with E-state index in [0.29, 0.717) is 13.0 Å². The van der Waals surface area contributed by atoms with Gasteiger partial charge in [-0.15, -0.1) is 0 Å². The number of phosphoric ester groups is 1. The Kier molecular flexibility index (Phi) is 31.8. The molecule has 258 valence electrons. The summed E-state index contributed by atoms with van der Waals surface area (Å²) < 4.78 is 32.7. The van der Waals surface area contributed by atoms with Gasteiger partial charge in [-0.1, -0.05) is 112 Å². The molecule has 0 heterocycles. The third kappa shape index (κ3) is 33.1. The maximum atomic E-state index is 12.0. The van der Waals surface area contributed by atoms with E-state index in [1.807, 2.05) is 6.92 Å². The number of ether oxygens (including phenoxy) is 2. The maximum absolute atomic E-state index is 12.0. The Bertz CT molecular complexity index is 911. The Morgan fingerprint density at radius 1 is 0.689 bits per heavy atom. The number of hydrogen-bond donors (Lipinski definition) is 2. The standard InChI is InChI=1S/C36H62NO7P/c1-3-5-7-8-9-10-11-12-13-14-15-16-17-18-19-20-21-22-23-24-25-26-27-28-31-41-33-35(44-36(38)29-6-4-2)34-43-45(39,40)42-32-30-37/h5,7,9-10,12-13,15-16,18-19,21-22,35H,3-4,6,8,11,14,17,20,23-34,37H2,1-2H3,(H,39,40)/b7-5-,10-9-,13-12-,16-15-,19-18-,22-21-. The highest BCUT2D eigenvalue weighted by molar-refractivity contribution is 7.47. The molecule has 0 fully saturated rings. The van der Waals surface area contributed by atoms with Crippen LogP contribution in [-0.2, 0) is 27.9 Å². The summed E-state index contributed by atoms with van der Waals surface area (Å²) in [5, 5.41) is 0. The molecule has 2 unspecified atom stereocenters. The quantitative estimate of drug-likeness (QED) is 0.0330. The number of unbranched alkanes of at least 4 members (excludes halogenated alkanes) is 6. The van der Waals surface area contributed by atoms with E-state index in [0.717, 1.165) is 70.6 Å². The van der Waals surface area contributed by atoms with Gasteiger partial charge in [-0.3, -0.25) is 13.8 Å². The van der Waals surface area contributed by atoms with Crippen LogP contribution in [0.5, 0.6) is 0 Å². The van der Waals surface area contributed by atoms with Crippen molar-refractivity contribution in [2.45, 2.75) is 116 Å². The van der Waals surface area contributed by atoms with Crippen LogP contribution in [0.3, 0.4) is 0 Å². The summed E-state index contributed by atoms with van der Waals surface area (Å²) >= 11 is 0. The first kappa shape index (κ1) is 42.9. The zero-order chi connectivity index (χ0) is 33.1. The number of carbonyl (C=O) groups excluding carboxylic acids is 1. The van der Waals surface area contributed by atoms with Gasteiger partial charge in [0.05, 0.1) is 19.8 Å². The summed E-state index contributed by atoms with van der Waals surface area (Å²) in [6.45, 7) is 4.46. The minimum absolute atomic E-state index is 0.0922. The van der Waals surface area contributed by atoms with Gasteiger partial charge in [-0.05, 0) is 64.2 Å². The molecule has 0 aromatic carbocycles. The zero-order valence-electron chi connectivity index (χ0n) is 28.1. The first-order chi connectivity index (χ1) is 21.9. The second-order valence-electron chi connectivity index (χ2n) is 10.6. The van der Waals surface area contributed by atoms with Gasteiger partial charge in [0.2, 0.25) is 0 Å². The fraction of sp³-hybridized carbons (Fsp3) is 0.639. The fourth-order valence-electron chi connectivity index (χ4n) is 3.92. The Hall–Kier alpha value is -2.06. The van der Waals surface area contributed by atoms with E-state index in [9.17, 15) is 14.3 Å². The normalized spacial score (nSPS) is 14.7. The van der Waals surface area contributed by atoms with Crippen LogP contribution >= 0.6 is 7.82 Å². The van der Waals surface area contributed by atoms with Crippen molar-refractivity contribution in [3.05, 3.63) is 72.9 Å². The largest absolute Gasteiger partial charge is 0.472 e. The van der Waals surface area contributed by atoms with Gasteiger partial charge in [0.15, 0.2) is 0 Å². The van der Waals surface area contributed by atoms with Gasteiger partial charge in [-0.25, -0.2) is 4.57 Å². The molecule has 0 saturated carbocycles. The molecule has 45 heavy (non-hydrogen) atoms. The molecule has 8 nitrogen and oxygen atoms in total. The van der Waals surface area contributed by atoms with Crippen LogP contribution in [0.15, 0.2) is 72.9 Å². The number of carbonyl (C=O) groups is 1. The molecule has 0 radical (unpaired) electrons. The molecule has 9 heteroatoms. The molecule has 0 aliphatic heterocycles. The second kappa shape index (κ2) is 33.3. The lowest BCUT2D eigenvalue weighted by Gasteiger charge is -2.20. The molecule has 0 amide bonds. The third-order valence-corrected chi connectivity index (χ3v) is 7.37. The van der Waals surface area contributed by atoms with Gasteiger partial charge in [0.1, 0.15) is 6.10 Å². The number of phosphoric acid groups is 1. The third-order valence-electron chi connectivity index (χ3n) is 6.39. The average molecular weight is 652 g/mol. The first-order valence-corrected chi connectivity index (χ1v) is 18.4. The SMILES string of the molecule is CC/C=C\C/C=C\C/C=C\C/C=C\C/C=C\C/C=C\CCCCCCCOCC(COP(=O)(O)OCCN)OC(=O)CCCC. The van der Waals surface area contributed by atoms with Crippen molar-refractivity contribution in [2.24, 2.45) is 5.73 Å². The number of nitrogens with two attached hydrogens (primary N) is 1. The summed E-state index contributed by atoms with van der Waals surface area (Å²) in [4.78, 5) is 21.7. The molecule has 2 atom stereocenters. The van der Waals surface area contributed by atoms with Gasteiger partial charge in [-0.2, -0.15) is 0 Å². The minimum Gasteiger partial charge on any atom is -0.457 e. The molecule has 3 N–H and O–H groups in total. The van der Waals surface area contributed by atoms with Crippen molar-refractivity contribution < 1.29 is 32.8 Å². The molecule has 0 saturated heterocycles. The maximum Gasteiger partial charge on any atom is 0.472 e. The van der Waals surface area contributed by atoms with Crippen LogP contribution in [0.25, 0.3) is 0 Å². The molecular formula is C36H62NO7P. The van der Waals surface area contributed by atoms with Crippen molar-refractivity contribution in [3.63, 3.8) is 0 Å². The van der Waals surface area contributed by atoms with Crippen LogP contribution in [0.1, 0.15) is 110 Å². The fourth-order valence-corrected chi connectivity index (χ4v) is 4.68. The van der Waals surface area contributed by atoms with E-state index in [4.69, 9.17) is 24.3 Å². The van der Waals surface area contributed by atoms with E-state index in [-0.39, 0.29) is 38.8 Å². The minimum atomic E-state index is -4.25. The highest BCUT2D eigenvalue weighted by atomic mass is 31.2. The van der Waals surface area contributed by atoms with Crippen molar-refractivity contribution in [3.8, 4) is 0 Å². The monoisotopic (exact) mass is 651 g/mol. The first-order valence-electron chi connectivity index (χ1n) is 16.9. The van der Waals surface area contributed by atoms with E-state index >= 15 is 0 Å². The predicted octanol–water partition coefficient (Wildman–Crippen LogP) is 9.24. The van der Waals surface area contributed by atoms with Gasteiger partial charge >= 0.3 is 13.8 Å². The molecule has 0 bridgehead atoms. The topological polar surface area (TPSA) is 117 Å². The van der Waals surface area contributed by atoms with E-state index < -0.39 is 13.9 Å². The van der Waals surface area contributed by atoms with Gasteiger partial charge in [0, 0.05) is 19.6 Å². The number of rotatable bonds is 31. The van der Waals surface area contributed by atoms with Gasteiger partial charge in [0.25, 0.3) is 0 Å². The lowest BCUT2D eigenvalue weighted by Crippen LogP contribution is -2.28. The summed E-state index contributed by atoms with van der Waals surface area (Å²) in [5.41, 5.74) is 5.29. The van der Waals surface area contributed by atoms with Crippen LogP contribution in [0.2, 0.25) is 0 Å². The number of esters is 1. The molecule has 0 aliphatic carbocycles. The Labute approximate surface area is 274 Å². The van der Waals surface area contributed by atoms with Crippen molar-refractivity contribution in [2.75, 3.05) is 33.0 Å². The zero-order valence-corrected chi connectivity index (χ0v) is 29.0. The number of hydrogen-bond acceptors (Lipinski definition) is 7. The van der Waals surface area contributed by atoms with Crippen LogP contribution < -0.4 is 5.73 Å². The molecule has 0 aromatic rings. The summed E-state index contributed by atoms with van der Waals surface area (Å²) in [5.74, 6) is -0.378. The Morgan fingerprint density at radius 3 is 1.78 bits per heavy atom. The van der Waals surface area contributed by atoms with Crippen molar-refractivity contribution in [1.82, 2.24) is 0 Å². The molecule has 0 spiro atoms. The highest BCUT2D eigenvalue weighted by Crippen LogP contribution is 2.43. The van der Waals surface area contributed by atoms with E-state index in [1.165, 1.54) is 12.8 Å². The van der Waals surface area contributed by atoms with Crippen molar-refractivity contribution in [1.29, 1.82) is 0 Å². The van der Waals surface area contributed by atoms with Crippen LogP contribution in [-0.4, -0.2) is 49.9 Å². The Morgan fingerprint density at radius 2 is 1.22 bits per heavy atom. The summed E-state index contributed by atoms with van der Waals surface area (Å²) in [7, 11) is -4.25. The van der Waals surface area contributed by atoms with Gasteiger partial charge < -0.3 is 20.1 Å². The lowest BCUT2D eigenvalue weighted by molar-refractivity contribution is -0.154. The van der Waals surface area contributed by atoms with Crippen LogP contribution in [0.4, 0.5) is 0 Å². The molecule has 0 aliphatic rings. The van der Waals surface area contributed by atoms with Crippen molar-refractivity contribution >= 4 is 13.8 Å². The molecule has 0 rings (SSSR count). The number of allylic oxidation sites excluding steroid dienone is 12. The average Bonchev–Trinajstić information content (AvgIpc) is 3.03. The predicted molar refractivity (Wildman–Crippen MR) is 187 cm³/mol. The van der Waals surface area contributed by atoms with Crippen LogP contribution in [0, 0.1) is 0 Å². The Balaban J connectivity index is 3.87. The lowest BCUT2D eigenvalue weighted by atomic mass is 10.1.